The Morgan fingerprint density at radius 1 is 0.762 bits per heavy atom. The molecule has 0 unspecified atom stereocenters. The molecule has 2 saturated heterocycles. The van der Waals surface area contributed by atoms with E-state index in [9.17, 15) is 0 Å². The first-order chi connectivity index (χ1) is 10.1. The van der Waals surface area contributed by atoms with E-state index in [1.165, 1.54) is 84.5 Å². The second-order valence-corrected chi connectivity index (χ2v) is 7.63. The summed E-state index contributed by atoms with van der Waals surface area (Å²) in [4.78, 5) is 7.79. The third-order valence-corrected chi connectivity index (χ3v) is 5.62. The average Bonchev–Trinajstić information content (AvgIpc) is 2.49. The van der Waals surface area contributed by atoms with Crippen LogP contribution in [0.5, 0.6) is 0 Å². The Labute approximate surface area is 132 Å². The van der Waals surface area contributed by atoms with Crippen molar-refractivity contribution in [1.82, 2.24) is 14.7 Å². The third kappa shape index (κ3) is 6.25. The van der Waals surface area contributed by atoms with Crippen molar-refractivity contribution >= 4 is 0 Å². The monoisotopic (exact) mass is 295 g/mol. The van der Waals surface area contributed by atoms with Crippen molar-refractivity contribution < 1.29 is 0 Å². The molecule has 0 aliphatic carbocycles. The van der Waals surface area contributed by atoms with Crippen molar-refractivity contribution in [1.29, 1.82) is 0 Å². The molecule has 0 bridgehead atoms. The molecule has 0 saturated carbocycles. The molecule has 0 aromatic rings. The standard InChI is InChI=1S/C18H37N3/c1-17(2)18-7-11-20(12-8-18)9-5-4-6-10-21-15-13-19(3)14-16-21/h17-18H,4-16H2,1-3H3. The number of hydrogen-bond acceptors (Lipinski definition) is 3. The third-order valence-electron chi connectivity index (χ3n) is 5.62. The predicted octanol–water partition coefficient (Wildman–Crippen LogP) is 2.77. The minimum absolute atomic E-state index is 0.885. The molecule has 0 atom stereocenters. The van der Waals surface area contributed by atoms with Crippen LogP contribution in [0.4, 0.5) is 0 Å². The van der Waals surface area contributed by atoms with Gasteiger partial charge in [-0.1, -0.05) is 20.3 Å². The largest absolute Gasteiger partial charge is 0.304 e. The Bertz CT molecular complexity index is 264. The molecule has 124 valence electrons. The Balaban J connectivity index is 1.45. The molecule has 0 N–H and O–H groups in total. The van der Waals surface area contributed by atoms with Crippen LogP contribution in [0.15, 0.2) is 0 Å². The highest BCUT2D eigenvalue weighted by Gasteiger charge is 2.20. The fourth-order valence-electron chi connectivity index (χ4n) is 3.76. The first-order valence-electron chi connectivity index (χ1n) is 9.28. The summed E-state index contributed by atoms with van der Waals surface area (Å²) in [5.41, 5.74) is 0. The number of piperazine rings is 1. The van der Waals surface area contributed by atoms with Crippen LogP contribution in [0.25, 0.3) is 0 Å². The molecule has 2 aliphatic rings. The van der Waals surface area contributed by atoms with E-state index in [-0.39, 0.29) is 0 Å². The first-order valence-corrected chi connectivity index (χ1v) is 9.28. The molecular weight excluding hydrogens is 258 g/mol. The van der Waals surface area contributed by atoms with Gasteiger partial charge in [0, 0.05) is 26.2 Å². The lowest BCUT2D eigenvalue weighted by Gasteiger charge is -2.34. The van der Waals surface area contributed by atoms with Crippen LogP contribution < -0.4 is 0 Å². The highest BCUT2D eigenvalue weighted by molar-refractivity contribution is 4.74. The Hall–Kier alpha value is -0.120. The quantitative estimate of drug-likeness (QED) is 0.669. The van der Waals surface area contributed by atoms with Gasteiger partial charge in [-0.2, -0.15) is 0 Å². The van der Waals surface area contributed by atoms with Gasteiger partial charge in [0.25, 0.3) is 0 Å². The van der Waals surface area contributed by atoms with E-state index < -0.39 is 0 Å². The van der Waals surface area contributed by atoms with Crippen LogP contribution in [0.1, 0.15) is 46.0 Å². The zero-order valence-corrected chi connectivity index (χ0v) is 14.7. The molecule has 2 rings (SSSR count). The summed E-state index contributed by atoms with van der Waals surface area (Å²) in [5.74, 6) is 1.87. The maximum Gasteiger partial charge on any atom is 0.0110 e. The molecule has 2 heterocycles. The van der Waals surface area contributed by atoms with Gasteiger partial charge < -0.3 is 14.7 Å². The summed E-state index contributed by atoms with van der Waals surface area (Å²) < 4.78 is 0. The fourth-order valence-corrected chi connectivity index (χ4v) is 3.76. The number of likely N-dealkylation sites (N-methyl/N-ethyl adjacent to an activating group) is 1. The molecule has 0 aromatic heterocycles. The summed E-state index contributed by atoms with van der Waals surface area (Å²) in [6.45, 7) is 15.2. The van der Waals surface area contributed by atoms with E-state index >= 15 is 0 Å². The zero-order chi connectivity index (χ0) is 15.1. The maximum absolute atomic E-state index is 2.70. The Morgan fingerprint density at radius 3 is 1.81 bits per heavy atom. The molecule has 0 radical (unpaired) electrons. The summed E-state index contributed by atoms with van der Waals surface area (Å²) >= 11 is 0. The lowest BCUT2D eigenvalue weighted by atomic mass is 9.87. The highest BCUT2D eigenvalue weighted by Crippen LogP contribution is 2.24. The molecule has 3 heteroatoms. The van der Waals surface area contributed by atoms with E-state index in [0.29, 0.717) is 0 Å². The van der Waals surface area contributed by atoms with Gasteiger partial charge in [0.05, 0.1) is 0 Å². The summed E-state index contributed by atoms with van der Waals surface area (Å²) in [6.07, 6.45) is 7.07. The van der Waals surface area contributed by atoms with Crippen molar-refractivity contribution in [2.45, 2.75) is 46.0 Å². The second-order valence-electron chi connectivity index (χ2n) is 7.63. The van der Waals surface area contributed by atoms with Crippen molar-refractivity contribution in [3.63, 3.8) is 0 Å². The Morgan fingerprint density at radius 2 is 1.29 bits per heavy atom. The van der Waals surface area contributed by atoms with Crippen molar-refractivity contribution in [3.8, 4) is 0 Å². The van der Waals surface area contributed by atoms with Crippen LogP contribution >= 0.6 is 0 Å². The topological polar surface area (TPSA) is 9.72 Å². The van der Waals surface area contributed by atoms with Gasteiger partial charge in [-0.15, -0.1) is 0 Å². The van der Waals surface area contributed by atoms with Crippen molar-refractivity contribution in [2.24, 2.45) is 11.8 Å². The molecule has 0 aromatic carbocycles. The summed E-state index contributed by atoms with van der Waals surface area (Å²) in [7, 11) is 2.24. The van der Waals surface area contributed by atoms with Crippen LogP contribution in [0, 0.1) is 11.8 Å². The first kappa shape index (κ1) is 17.2. The zero-order valence-electron chi connectivity index (χ0n) is 14.7. The van der Waals surface area contributed by atoms with Gasteiger partial charge in [0.2, 0.25) is 0 Å². The highest BCUT2D eigenvalue weighted by atomic mass is 15.2. The SMILES string of the molecule is CC(C)C1CCN(CCCCCN2CCN(C)CC2)CC1. The lowest BCUT2D eigenvalue weighted by Crippen LogP contribution is -2.44. The van der Waals surface area contributed by atoms with Crippen LogP contribution in [-0.2, 0) is 0 Å². The van der Waals surface area contributed by atoms with Crippen LogP contribution in [0.2, 0.25) is 0 Å². The number of nitrogens with zero attached hydrogens (tertiary/aromatic N) is 3. The predicted molar refractivity (Wildman–Crippen MR) is 91.8 cm³/mol. The van der Waals surface area contributed by atoms with Gasteiger partial charge in [0.1, 0.15) is 0 Å². The van der Waals surface area contributed by atoms with Gasteiger partial charge in [-0.3, -0.25) is 0 Å². The molecule has 2 fully saturated rings. The molecule has 0 spiro atoms. The van der Waals surface area contributed by atoms with E-state index in [1.807, 2.05) is 0 Å². The molecule has 3 nitrogen and oxygen atoms in total. The number of likely N-dealkylation sites (tertiary alicyclic amines) is 1. The van der Waals surface area contributed by atoms with E-state index in [2.05, 4.69) is 35.6 Å². The lowest BCUT2D eigenvalue weighted by molar-refractivity contribution is 0.146. The van der Waals surface area contributed by atoms with Crippen LogP contribution in [0.3, 0.4) is 0 Å². The summed E-state index contributed by atoms with van der Waals surface area (Å²) in [5, 5.41) is 0. The van der Waals surface area contributed by atoms with Gasteiger partial charge in [-0.25, -0.2) is 0 Å². The van der Waals surface area contributed by atoms with Gasteiger partial charge in [0.15, 0.2) is 0 Å². The van der Waals surface area contributed by atoms with E-state index in [4.69, 9.17) is 0 Å². The number of unbranched alkanes of at least 4 members (excludes halogenated alkanes) is 2. The molecule has 21 heavy (non-hydrogen) atoms. The number of hydrogen-bond donors (Lipinski definition) is 0. The van der Waals surface area contributed by atoms with E-state index in [1.54, 1.807) is 0 Å². The Kier molecular flexibility index (Phi) is 7.48. The average molecular weight is 296 g/mol. The maximum atomic E-state index is 2.70. The summed E-state index contributed by atoms with van der Waals surface area (Å²) in [6, 6.07) is 0. The van der Waals surface area contributed by atoms with Gasteiger partial charge in [-0.05, 0) is 70.7 Å². The minimum Gasteiger partial charge on any atom is -0.304 e. The van der Waals surface area contributed by atoms with Crippen molar-refractivity contribution in [2.75, 3.05) is 59.4 Å². The fraction of sp³-hybridized carbons (Fsp3) is 1.00. The number of piperidine rings is 1. The second kappa shape index (κ2) is 9.12. The molecule has 0 amide bonds. The normalized spacial score (nSPS) is 24.0. The minimum atomic E-state index is 0.885. The van der Waals surface area contributed by atoms with E-state index in [0.717, 1.165) is 11.8 Å². The molecular formula is C18H37N3. The van der Waals surface area contributed by atoms with Crippen molar-refractivity contribution in [3.05, 3.63) is 0 Å². The smallest absolute Gasteiger partial charge is 0.0110 e. The van der Waals surface area contributed by atoms with Crippen LogP contribution in [-0.4, -0.2) is 74.1 Å². The number of rotatable bonds is 7. The van der Waals surface area contributed by atoms with Gasteiger partial charge >= 0.3 is 0 Å². The molecule has 2 aliphatic heterocycles.